The van der Waals surface area contributed by atoms with Crippen LogP contribution in [0.4, 0.5) is 26.4 Å². The molecule has 0 saturated carbocycles. The fourth-order valence-corrected chi connectivity index (χ4v) is 3.89. The minimum absolute atomic E-state index is 0.102. The second-order valence-electron chi connectivity index (χ2n) is 7.77. The average Bonchev–Trinajstić information content (AvgIpc) is 3.11. The van der Waals surface area contributed by atoms with Gasteiger partial charge < -0.3 is 24.6 Å². The zero-order chi connectivity index (χ0) is 22.2. The number of piperidine rings is 1. The molecule has 4 rings (SSSR count). The summed E-state index contributed by atoms with van der Waals surface area (Å²) < 4.78 is 35.4. The lowest BCUT2D eigenvalue weighted by Crippen LogP contribution is -2.52. The molecule has 0 bridgehead atoms. The molecule has 0 amide bonds. The van der Waals surface area contributed by atoms with Gasteiger partial charge in [-0.1, -0.05) is 0 Å². The van der Waals surface area contributed by atoms with Crippen molar-refractivity contribution >= 4 is 28.6 Å². The Bertz CT molecular complexity index is 1070. The van der Waals surface area contributed by atoms with Crippen molar-refractivity contribution < 1.29 is 18.6 Å². The van der Waals surface area contributed by atoms with E-state index < -0.39 is 18.6 Å². The molecule has 4 heterocycles. The number of aromatic nitrogens is 5. The van der Waals surface area contributed by atoms with E-state index in [1.807, 2.05) is 24.5 Å². The van der Waals surface area contributed by atoms with Crippen molar-refractivity contribution in [1.82, 2.24) is 24.5 Å². The van der Waals surface area contributed by atoms with Crippen molar-refractivity contribution in [1.29, 1.82) is 0 Å². The van der Waals surface area contributed by atoms with E-state index in [9.17, 15) is 13.9 Å². The lowest BCUT2D eigenvalue weighted by molar-refractivity contribution is -0.129. The number of hydrogen-bond acceptors (Lipinski definition) is 8. The lowest BCUT2D eigenvalue weighted by atomic mass is 10.0. The van der Waals surface area contributed by atoms with Crippen molar-refractivity contribution in [2.45, 2.75) is 44.9 Å². The minimum atomic E-state index is -2.98. The van der Waals surface area contributed by atoms with Crippen molar-refractivity contribution in [3.05, 3.63) is 30.4 Å². The van der Waals surface area contributed by atoms with Gasteiger partial charge in [-0.25, -0.2) is 23.7 Å². The predicted octanol–water partition coefficient (Wildman–Crippen LogP) is 2.90. The highest BCUT2D eigenvalue weighted by Gasteiger charge is 2.45. The number of rotatable bonds is 6. The molecule has 0 spiro atoms. The second-order valence-corrected chi connectivity index (χ2v) is 7.77. The highest BCUT2D eigenvalue weighted by molar-refractivity contribution is 5.79. The molecule has 166 valence electrons. The Morgan fingerprint density at radius 2 is 2.10 bits per heavy atom. The number of anilines is 3. The van der Waals surface area contributed by atoms with Gasteiger partial charge in [0.15, 0.2) is 0 Å². The van der Waals surface area contributed by atoms with Gasteiger partial charge in [0.25, 0.3) is 5.92 Å². The first-order chi connectivity index (χ1) is 14.8. The number of nitrogens with one attached hydrogen (secondary N) is 1. The summed E-state index contributed by atoms with van der Waals surface area (Å²) in [5, 5.41) is 12.7. The molecule has 3 aromatic rings. The van der Waals surface area contributed by atoms with Gasteiger partial charge in [-0.2, -0.15) is 4.98 Å². The molecule has 1 saturated heterocycles. The summed E-state index contributed by atoms with van der Waals surface area (Å²) in [6, 6.07) is 3.57. The Hall–Kier alpha value is -2.92. The zero-order valence-corrected chi connectivity index (χ0v) is 17.6. The van der Waals surface area contributed by atoms with Gasteiger partial charge in [0, 0.05) is 32.0 Å². The number of pyridine rings is 1. The molecule has 1 atom stereocenters. The maximum atomic E-state index is 14.3. The van der Waals surface area contributed by atoms with Crippen LogP contribution in [-0.4, -0.2) is 61.8 Å². The number of halogens is 2. The summed E-state index contributed by atoms with van der Waals surface area (Å²) in [5.74, 6) is -1.24. The first kappa shape index (κ1) is 21.3. The van der Waals surface area contributed by atoms with Crippen LogP contribution in [0.5, 0.6) is 0 Å². The molecule has 3 aromatic heterocycles. The molecule has 11 heteroatoms. The van der Waals surface area contributed by atoms with E-state index in [0.29, 0.717) is 29.5 Å². The van der Waals surface area contributed by atoms with Gasteiger partial charge in [-0.05, 0) is 26.3 Å². The predicted molar refractivity (Wildman–Crippen MR) is 112 cm³/mol. The Morgan fingerprint density at radius 3 is 2.77 bits per heavy atom. The standard InChI is InChI=1S/C20H25F2N7O2/c1-12(2)29-14-8-17(24-9-13(14)25-18(29)10-30)26-16-4-6-23-19(27-16)28-7-5-15(31-3)20(21,22)11-28/h4,6,8-9,12,15,30H,5,7,10-11H2,1-3H3,(H,23,24,26,27)/t15-/m0/s1. The Balaban J connectivity index is 1.58. The van der Waals surface area contributed by atoms with E-state index in [4.69, 9.17) is 4.74 Å². The maximum absolute atomic E-state index is 14.3. The second kappa shape index (κ2) is 8.31. The van der Waals surface area contributed by atoms with Crippen molar-refractivity contribution in [2.24, 2.45) is 0 Å². The van der Waals surface area contributed by atoms with Gasteiger partial charge in [0.2, 0.25) is 5.95 Å². The van der Waals surface area contributed by atoms with E-state index in [2.05, 4.69) is 25.3 Å². The molecular weight excluding hydrogens is 408 g/mol. The van der Waals surface area contributed by atoms with E-state index in [0.717, 1.165) is 5.52 Å². The molecule has 1 aliphatic rings. The molecular formula is C20H25F2N7O2. The molecule has 0 radical (unpaired) electrons. The fourth-order valence-electron chi connectivity index (χ4n) is 3.89. The summed E-state index contributed by atoms with van der Waals surface area (Å²) in [4.78, 5) is 18.8. The number of aliphatic hydroxyl groups is 1. The highest BCUT2D eigenvalue weighted by Crippen LogP contribution is 2.31. The summed E-state index contributed by atoms with van der Waals surface area (Å²) in [7, 11) is 1.30. The topological polar surface area (TPSA) is 101 Å². The van der Waals surface area contributed by atoms with Crippen LogP contribution in [0.15, 0.2) is 24.5 Å². The molecule has 31 heavy (non-hydrogen) atoms. The van der Waals surface area contributed by atoms with Crippen LogP contribution in [0.2, 0.25) is 0 Å². The van der Waals surface area contributed by atoms with Gasteiger partial charge >= 0.3 is 0 Å². The first-order valence-corrected chi connectivity index (χ1v) is 10.1. The third-order valence-electron chi connectivity index (χ3n) is 5.31. The van der Waals surface area contributed by atoms with Gasteiger partial charge in [-0.3, -0.25) is 0 Å². The van der Waals surface area contributed by atoms with Crippen LogP contribution < -0.4 is 10.2 Å². The van der Waals surface area contributed by atoms with E-state index in [1.54, 1.807) is 12.3 Å². The molecule has 0 unspecified atom stereocenters. The lowest BCUT2D eigenvalue weighted by Gasteiger charge is -2.37. The van der Waals surface area contributed by atoms with Gasteiger partial charge in [0.05, 0.1) is 18.3 Å². The molecule has 9 nitrogen and oxygen atoms in total. The van der Waals surface area contributed by atoms with Crippen molar-refractivity contribution in [2.75, 3.05) is 30.4 Å². The summed E-state index contributed by atoms with van der Waals surface area (Å²) >= 11 is 0. The fraction of sp³-hybridized carbons (Fsp3) is 0.500. The Labute approximate surface area is 178 Å². The third-order valence-corrected chi connectivity index (χ3v) is 5.31. The Kier molecular flexibility index (Phi) is 5.71. The maximum Gasteiger partial charge on any atom is 0.290 e. The van der Waals surface area contributed by atoms with Crippen LogP contribution in [0.25, 0.3) is 11.0 Å². The van der Waals surface area contributed by atoms with Crippen molar-refractivity contribution in [3.63, 3.8) is 0 Å². The van der Waals surface area contributed by atoms with E-state index in [1.165, 1.54) is 18.2 Å². The normalized spacial score (nSPS) is 18.7. The number of ether oxygens (including phenoxy) is 1. The smallest absolute Gasteiger partial charge is 0.290 e. The SMILES string of the molecule is CO[C@H]1CCN(c2nccc(Nc3cc4c(cn3)nc(CO)n4C(C)C)n2)CC1(F)F. The number of nitrogens with zero attached hydrogens (tertiary/aromatic N) is 6. The highest BCUT2D eigenvalue weighted by atomic mass is 19.3. The number of imidazole rings is 1. The molecule has 2 N–H and O–H groups in total. The molecule has 0 aromatic carbocycles. The van der Waals surface area contributed by atoms with Gasteiger partial charge in [-0.15, -0.1) is 0 Å². The molecule has 1 aliphatic heterocycles. The van der Waals surface area contributed by atoms with Crippen molar-refractivity contribution in [3.8, 4) is 0 Å². The minimum Gasteiger partial charge on any atom is -0.388 e. The number of methoxy groups -OCH3 is 1. The van der Waals surface area contributed by atoms with Crippen LogP contribution >= 0.6 is 0 Å². The molecule has 1 fully saturated rings. The van der Waals surface area contributed by atoms with Crippen LogP contribution in [0, 0.1) is 0 Å². The number of alkyl halides is 2. The zero-order valence-electron chi connectivity index (χ0n) is 17.6. The monoisotopic (exact) mass is 433 g/mol. The molecule has 0 aliphatic carbocycles. The van der Waals surface area contributed by atoms with Crippen LogP contribution in [0.1, 0.15) is 32.1 Å². The van der Waals surface area contributed by atoms with Crippen LogP contribution in [-0.2, 0) is 11.3 Å². The average molecular weight is 433 g/mol. The summed E-state index contributed by atoms with van der Waals surface area (Å²) in [6.07, 6.45) is 2.23. The summed E-state index contributed by atoms with van der Waals surface area (Å²) in [5.41, 5.74) is 1.50. The number of hydrogen-bond donors (Lipinski definition) is 2. The van der Waals surface area contributed by atoms with Crippen LogP contribution in [0.3, 0.4) is 0 Å². The Morgan fingerprint density at radius 1 is 1.29 bits per heavy atom. The van der Waals surface area contributed by atoms with E-state index >= 15 is 0 Å². The first-order valence-electron chi connectivity index (χ1n) is 10.1. The third kappa shape index (κ3) is 4.15. The quantitative estimate of drug-likeness (QED) is 0.612. The van der Waals surface area contributed by atoms with Gasteiger partial charge in [0.1, 0.15) is 35.7 Å². The number of aliphatic hydroxyl groups excluding tert-OH is 1. The van der Waals surface area contributed by atoms with E-state index in [-0.39, 0.29) is 25.0 Å². The largest absolute Gasteiger partial charge is 0.388 e. The summed E-state index contributed by atoms with van der Waals surface area (Å²) in [6.45, 7) is 3.71. The number of fused-ring (bicyclic) bond motifs is 1.